The van der Waals surface area contributed by atoms with Crippen molar-refractivity contribution in [1.29, 1.82) is 0 Å². The van der Waals surface area contributed by atoms with Crippen LogP contribution in [-0.4, -0.2) is 52.9 Å². The summed E-state index contributed by atoms with van der Waals surface area (Å²) in [5.41, 5.74) is 4.25. The van der Waals surface area contributed by atoms with E-state index in [1.54, 1.807) is 6.20 Å². The average Bonchev–Trinajstić information content (AvgIpc) is 3.75. The summed E-state index contributed by atoms with van der Waals surface area (Å²) in [5, 5.41) is 6.25. The molecule has 2 N–H and O–H groups in total. The minimum Gasteiger partial charge on any atom is -0.368 e. The highest BCUT2D eigenvalue weighted by Crippen LogP contribution is 2.30. The Labute approximate surface area is 218 Å². The van der Waals surface area contributed by atoms with Gasteiger partial charge in [0.25, 0.3) is 0 Å². The highest BCUT2D eigenvalue weighted by molar-refractivity contribution is 5.94. The lowest BCUT2D eigenvalue weighted by Crippen LogP contribution is -2.51. The number of hydrogen-bond donors (Lipinski definition) is 2. The fourth-order valence-electron chi connectivity index (χ4n) is 4.42. The van der Waals surface area contributed by atoms with E-state index < -0.39 is 0 Å². The molecule has 2 amide bonds. The van der Waals surface area contributed by atoms with Crippen LogP contribution in [0, 0.1) is 11.3 Å². The van der Waals surface area contributed by atoms with Crippen LogP contribution in [0.1, 0.15) is 33.6 Å². The summed E-state index contributed by atoms with van der Waals surface area (Å²) in [6.07, 6.45) is 3.71. The summed E-state index contributed by atoms with van der Waals surface area (Å²) >= 11 is 0. The van der Waals surface area contributed by atoms with Crippen LogP contribution in [0.15, 0.2) is 60.8 Å². The maximum atomic E-state index is 12.5. The maximum absolute atomic E-state index is 12.5. The Hall–Kier alpha value is -3.94. The predicted octanol–water partition coefficient (Wildman–Crippen LogP) is 4.93. The third kappa shape index (κ3) is 6.07. The number of carbonyl (C=O) groups is 2. The minimum atomic E-state index is -0.342. The van der Waals surface area contributed by atoms with Crippen LogP contribution in [0.3, 0.4) is 0 Å². The van der Waals surface area contributed by atoms with Crippen LogP contribution in [0.4, 0.5) is 23.0 Å². The number of aromatic nitrogens is 2. The normalized spacial score (nSPS) is 15.9. The van der Waals surface area contributed by atoms with E-state index in [2.05, 4.69) is 37.6 Å². The first-order valence-electron chi connectivity index (χ1n) is 12.9. The number of benzene rings is 2. The molecule has 0 atom stereocenters. The van der Waals surface area contributed by atoms with Crippen LogP contribution in [0.2, 0.25) is 0 Å². The lowest BCUT2D eigenvalue weighted by molar-refractivity contribution is -0.139. The lowest BCUT2D eigenvalue weighted by atomic mass is 9.94. The first-order valence-corrected chi connectivity index (χ1v) is 12.9. The van der Waals surface area contributed by atoms with Crippen molar-refractivity contribution >= 4 is 34.8 Å². The fraction of sp³-hybridized carbons (Fsp3) is 0.379. The molecule has 0 spiro atoms. The van der Waals surface area contributed by atoms with Gasteiger partial charge < -0.3 is 20.4 Å². The van der Waals surface area contributed by atoms with Crippen LogP contribution < -0.4 is 15.5 Å². The van der Waals surface area contributed by atoms with Crippen molar-refractivity contribution in [3.63, 3.8) is 0 Å². The number of anilines is 4. The van der Waals surface area contributed by atoms with Gasteiger partial charge in [-0.2, -0.15) is 0 Å². The van der Waals surface area contributed by atoms with E-state index in [-0.39, 0.29) is 23.1 Å². The van der Waals surface area contributed by atoms with Crippen molar-refractivity contribution < 1.29 is 9.59 Å². The van der Waals surface area contributed by atoms with E-state index in [0.29, 0.717) is 5.95 Å². The molecule has 2 fully saturated rings. The molecule has 1 saturated carbocycles. The van der Waals surface area contributed by atoms with Gasteiger partial charge in [0, 0.05) is 66.3 Å². The zero-order valence-corrected chi connectivity index (χ0v) is 21.7. The Balaban J connectivity index is 1.18. The SMILES string of the molecule is CC(C)(C)C(=O)N1CCN(c2ccc(Nc3nccc(-c4ccc(NC(=O)C5CC5)cc4)n3)cc2)CC1. The van der Waals surface area contributed by atoms with Crippen LogP contribution in [0.5, 0.6) is 0 Å². The van der Waals surface area contributed by atoms with E-state index >= 15 is 0 Å². The Bertz CT molecular complexity index is 1250. The summed E-state index contributed by atoms with van der Waals surface area (Å²) in [6.45, 7) is 9.04. The molecule has 2 heterocycles. The zero-order chi connectivity index (χ0) is 26.0. The van der Waals surface area contributed by atoms with Crippen LogP contribution in [-0.2, 0) is 9.59 Å². The van der Waals surface area contributed by atoms with Crippen molar-refractivity contribution in [3.05, 3.63) is 60.8 Å². The largest absolute Gasteiger partial charge is 0.368 e. The van der Waals surface area contributed by atoms with Gasteiger partial charge in [-0.15, -0.1) is 0 Å². The summed E-state index contributed by atoms with van der Waals surface area (Å²) in [4.78, 5) is 37.8. The molecular formula is C29H34N6O2. The molecule has 37 heavy (non-hydrogen) atoms. The molecule has 5 rings (SSSR count). The van der Waals surface area contributed by atoms with Crippen molar-refractivity contribution in [1.82, 2.24) is 14.9 Å². The summed E-state index contributed by atoms with van der Waals surface area (Å²) in [7, 11) is 0. The number of nitrogens with one attached hydrogen (secondary N) is 2. The second-order valence-electron chi connectivity index (χ2n) is 10.8. The number of carbonyl (C=O) groups excluding carboxylic acids is 2. The third-order valence-corrected chi connectivity index (χ3v) is 6.75. The molecule has 1 aliphatic heterocycles. The highest BCUT2D eigenvalue weighted by atomic mass is 16.2. The molecule has 2 aromatic carbocycles. The predicted molar refractivity (Wildman–Crippen MR) is 147 cm³/mol. The molecule has 8 nitrogen and oxygen atoms in total. The molecule has 192 valence electrons. The molecule has 0 radical (unpaired) electrons. The Kier molecular flexibility index (Phi) is 6.82. The number of hydrogen-bond acceptors (Lipinski definition) is 6. The summed E-state index contributed by atoms with van der Waals surface area (Å²) < 4.78 is 0. The summed E-state index contributed by atoms with van der Waals surface area (Å²) in [6, 6.07) is 17.8. The molecule has 8 heteroatoms. The van der Waals surface area contributed by atoms with E-state index in [1.165, 1.54) is 0 Å². The van der Waals surface area contributed by atoms with Crippen LogP contribution >= 0.6 is 0 Å². The van der Waals surface area contributed by atoms with Gasteiger partial charge in [0.2, 0.25) is 17.8 Å². The van der Waals surface area contributed by atoms with Gasteiger partial charge in [0.1, 0.15) is 0 Å². The van der Waals surface area contributed by atoms with Gasteiger partial charge in [-0.25, -0.2) is 9.97 Å². The molecule has 1 aromatic heterocycles. The molecule has 0 unspecified atom stereocenters. The summed E-state index contributed by atoms with van der Waals surface area (Å²) in [5.74, 6) is 1.01. The van der Waals surface area contributed by atoms with Crippen molar-refractivity contribution in [2.45, 2.75) is 33.6 Å². The van der Waals surface area contributed by atoms with Crippen molar-refractivity contribution in [3.8, 4) is 11.3 Å². The topological polar surface area (TPSA) is 90.5 Å². The first-order chi connectivity index (χ1) is 17.8. The zero-order valence-electron chi connectivity index (χ0n) is 21.7. The van der Waals surface area contributed by atoms with Crippen LogP contribution in [0.25, 0.3) is 11.3 Å². The molecule has 0 bridgehead atoms. The lowest BCUT2D eigenvalue weighted by Gasteiger charge is -2.38. The number of piperazine rings is 1. The molecule has 3 aromatic rings. The standard InChI is InChI=1S/C29H34N6O2/c1-29(2,3)27(37)35-18-16-34(17-19-35)24-12-10-23(11-13-24)32-28-30-15-14-25(33-28)20-6-8-22(9-7-20)31-26(36)21-4-5-21/h6-15,21H,4-5,16-19H2,1-3H3,(H,31,36)(H,30,32,33). The fourth-order valence-corrected chi connectivity index (χ4v) is 4.42. The van der Waals surface area contributed by atoms with E-state index in [4.69, 9.17) is 0 Å². The Morgan fingerprint density at radius 3 is 2.14 bits per heavy atom. The van der Waals surface area contributed by atoms with E-state index in [9.17, 15) is 9.59 Å². The smallest absolute Gasteiger partial charge is 0.228 e. The second kappa shape index (κ2) is 10.2. The highest BCUT2D eigenvalue weighted by Gasteiger charge is 2.30. The Morgan fingerprint density at radius 2 is 1.51 bits per heavy atom. The monoisotopic (exact) mass is 498 g/mol. The third-order valence-electron chi connectivity index (χ3n) is 6.75. The van der Waals surface area contributed by atoms with Gasteiger partial charge in [0.05, 0.1) is 5.69 Å². The maximum Gasteiger partial charge on any atom is 0.228 e. The van der Waals surface area contributed by atoms with Crippen molar-refractivity contribution in [2.24, 2.45) is 11.3 Å². The van der Waals surface area contributed by atoms with E-state index in [0.717, 1.165) is 67.3 Å². The van der Waals surface area contributed by atoms with Gasteiger partial charge in [-0.05, 0) is 55.3 Å². The molecule has 1 aliphatic carbocycles. The molecule has 2 aliphatic rings. The number of nitrogens with zero attached hydrogens (tertiary/aromatic N) is 4. The molecular weight excluding hydrogens is 464 g/mol. The van der Waals surface area contributed by atoms with Gasteiger partial charge in [-0.1, -0.05) is 32.9 Å². The quantitative estimate of drug-likeness (QED) is 0.501. The number of rotatable bonds is 6. The van der Waals surface area contributed by atoms with Gasteiger partial charge in [0.15, 0.2) is 0 Å². The Morgan fingerprint density at radius 1 is 0.865 bits per heavy atom. The van der Waals surface area contributed by atoms with Crippen molar-refractivity contribution in [2.75, 3.05) is 41.7 Å². The van der Waals surface area contributed by atoms with Gasteiger partial charge in [-0.3, -0.25) is 9.59 Å². The van der Waals surface area contributed by atoms with Gasteiger partial charge >= 0.3 is 0 Å². The number of amides is 2. The average molecular weight is 499 g/mol. The minimum absolute atomic E-state index is 0.102. The first kappa shape index (κ1) is 24.7. The molecule has 1 saturated heterocycles. The second-order valence-corrected chi connectivity index (χ2v) is 10.8. The van der Waals surface area contributed by atoms with E-state index in [1.807, 2.05) is 68.1 Å².